The van der Waals surface area contributed by atoms with Gasteiger partial charge in [-0.25, -0.2) is 35.5 Å². The monoisotopic (exact) mass is 732 g/mol. The minimum absolute atomic E-state index is 0.00505. The molecule has 0 unspecified atom stereocenters. The van der Waals surface area contributed by atoms with Crippen molar-refractivity contribution in [1.29, 1.82) is 26.3 Å². The van der Waals surface area contributed by atoms with Crippen molar-refractivity contribution in [3.8, 4) is 30.3 Å². The maximum absolute atomic E-state index is 11.4. The van der Waals surface area contributed by atoms with Crippen molar-refractivity contribution in [3.63, 3.8) is 0 Å². The molecule has 56 heavy (non-hydrogen) atoms. The molecule has 0 aromatic heterocycles. The Labute approximate surface area is 324 Å². The lowest BCUT2D eigenvalue weighted by Crippen LogP contribution is -2.22. The third-order valence-corrected chi connectivity index (χ3v) is 8.60. The Morgan fingerprint density at radius 2 is 1.39 bits per heavy atom. The van der Waals surface area contributed by atoms with E-state index in [9.17, 15) is 46.1 Å². The van der Waals surface area contributed by atoms with Crippen molar-refractivity contribution in [1.82, 2.24) is 0 Å². The van der Waals surface area contributed by atoms with Crippen LogP contribution < -0.4 is 4.90 Å². The zero-order valence-electron chi connectivity index (χ0n) is 29.9. The van der Waals surface area contributed by atoms with Gasteiger partial charge in [-0.15, -0.1) is 29.3 Å². The molecule has 3 aromatic rings. The van der Waals surface area contributed by atoms with Gasteiger partial charge in [0, 0.05) is 47.6 Å². The van der Waals surface area contributed by atoms with Crippen LogP contribution in [-0.2, 0) is 0 Å². The number of carboxylic acids is 2. The van der Waals surface area contributed by atoms with Gasteiger partial charge in [0.25, 0.3) is 5.70 Å². The molecule has 0 spiro atoms. The van der Waals surface area contributed by atoms with Gasteiger partial charge in [-0.2, -0.15) is 5.26 Å². The minimum atomic E-state index is -1.15. The van der Waals surface area contributed by atoms with E-state index in [0.29, 0.717) is 30.5 Å². The highest BCUT2D eigenvalue weighted by Gasteiger charge is 2.24. The van der Waals surface area contributed by atoms with Gasteiger partial charge in [-0.3, -0.25) is 0 Å². The summed E-state index contributed by atoms with van der Waals surface area (Å²) in [5.41, 5.74) is 4.15. The summed E-state index contributed by atoms with van der Waals surface area (Å²) in [7, 11) is 0. The van der Waals surface area contributed by atoms with Crippen LogP contribution in [0.1, 0.15) is 51.6 Å². The van der Waals surface area contributed by atoms with Crippen molar-refractivity contribution in [2.45, 2.75) is 19.8 Å². The summed E-state index contributed by atoms with van der Waals surface area (Å²) in [6.45, 7) is 10.1. The number of nitriles is 5. The number of para-hydroxylation sites is 1. The van der Waals surface area contributed by atoms with Crippen molar-refractivity contribution in [2.75, 3.05) is 11.4 Å². The van der Waals surface area contributed by atoms with Crippen LogP contribution in [0.3, 0.4) is 0 Å². The fraction of sp³-hybridized carbons (Fsp3) is 0.0889. The van der Waals surface area contributed by atoms with E-state index in [0.717, 1.165) is 22.5 Å². The Kier molecular flexibility index (Phi) is 13.8. The van der Waals surface area contributed by atoms with E-state index >= 15 is 0 Å². The molecule has 270 valence electrons. The largest absolute Gasteiger partial charge is 0.478 e. The number of anilines is 1. The van der Waals surface area contributed by atoms with E-state index in [2.05, 4.69) is 21.9 Å². The van der Waals surface area contributed by atoms with Crippen LogP contribution in [0.15, 0.2) is 149 Å². The Balaban J connectivity index is 1.84. The molecule has 0 fully saturated rings. The van der Waals surface area contributed by atoms with Crippen LogP contribution in [0.2, 0.25) is 0 Å². The molecule has 0 amide bonds. The minimum Gasteiger partial charge on any atom is -0.478 e. The first-order chi connectivity index (χ1) is 27.1. The smallest absolute Gasteiger partial charge is 0.335 e. The van der Waals surface area contributed by atoms with E-state index < -0.39 is 11.9 Å². The van der Waals surface area contributed by atoms with Crippen molar-refractivity contribution < 1.29 is 19.8 Å². The third-order valence-electron chi connectivity index (χ3n) is 8.60. The highest BCUT2D eigenvalue weighted by atomic mass is 16.4. The number of benzene rings is 3. The molecule has 0 bridgehead atoms. The summed E-state index contributed by atoms with van der Waals surface area (Å²) < 4.78 is 0. The van der Waals surface area contributed by atoms with Crippen LogP contribution in [0.5, 0.6) is 0 Å². The molecule has 1 aliphatic rings. The summed E-state index contributed by atoms with van der Waals surface area (Å²) in [5.74, 6) is -2.60. The number of hydrogen-bond donors (Lipinski definition) is 2. The first-order valence-electron chi connectivity index (χ1n) is 16.9. The maximum atomic E-state index is 11.4. The van der Waals surface area contributed by atoms with Crippen molar-refractivity contribution in [2.24, 2.45) is 0 Å². The molecule has 2 N–H and O–H groups in total. The predicted molar refractivity (Wildman–Crippen MR) is 209 cm³/mol. The summed E-state index contributed by atoms with van der Waals surface area (Å²) in [4.78, 5) is 28.2. The van der Waals surface area contributed by atoms with E-state index in [1.54, 1.807) is 12.2 Å². The fourth-order valence-corrected chi connectivity index (χ4v) is 6.02. The zero-order valence-corrected chi connectivity index (χ0v) is 29.9. The molecule has 11 nitrogen and oxygen atoms in total. The van der Waals surface area contributed by atoms with Crippen LogP contribution in [0, 0.1) is 69.1 Å². The van der Waals surface area contributed by atoms with Crippen LogP contribution in [0.25, 0.3) is 16.0 Å². The van der Waals surface area contributed by atoms with Gasteiger partial charge in [0.15, 0.2) is 0 Å². The Hall–Kier alpha value is -8.61. The standard InChI is InChI=1S/C45H30N7O4/c1-3-52(39-13-5-4-6-14-39)43-32(9-7-11-36(25-46)41(38(27-48)28-49)30-15-21-34(22-16-30)44(53)54)19-20-33(43)10-8-12-37(26-47)42(40(29-50)51-2)31-17-23-35(24-18-31)45(55)56/h4-18,21-24H,3,19-20H2,1H3,(H,53,54)(H,55,56)/q-1/b10-8+,11-7+,32-9+,37-12+,41-36-,42-40+. The molecule has 0 aliphatic heterocycles. The summed E-state index contributed by atoms with van der Waals surface area (Å²) in [6.07, 6.45) is 11.2. The Bertz CT molecular complexity index is 2480. The molecule has 4 rings (SSSR count). The summed E-state index contributed by atoms with van der Waals surface area (Å²) in [6, 6.07) is 30.4. The topological polar surface area (TPSA) is 201 Å². The number of hydrogen-bond acceptors (Lipinski definition) is 8. The highest BCUT2D eigenvalue weighted by molar-refractivity contribution is 5.92. The lowest BCUT2D eigenvalue weighted by atomic mass is 9.89. The van der Waals surface area contributed by atoms with E-state index in [1.807, 2.05) is 67.6 Å². The SMILES string of the molecule is [C-]#[N+]/C(C#N)=C(/C(C#N)=C/C=C/C1=C(N(CC)c2ccccc2)C(=C/C=C/C(C#N)=C(\c2ccc(C(=O)O)cc2)[C-](C#N)C#N)/CC1)c1ccc(C(=O)O)cc1. The highest BCUT2D eigenvalue weighted by Crippen LogP contribution is 2.38. The van der Waals surface area contributed by atoms with Gasteiger partial charge in [0.05, 0.1) is 35.4 Å². The van der Waals surface area contributed by atoms with Gasteiger partial charge in [-0.05, 0) is 72.4 Å². The van der Waals surface area contributed by atoms with Crippen LogP contribution in [0.4, 0.5) is 5.69 Å². The van der Waals surface area contributed by atoms with E-state index in [4.69, 9.17) is 6.57 Å². The molecule has 0 saturated carbocycles. The second kappa shape index (κ2) is 19.3. The van der Waals surface area contributed by atoms with Gasteiger partial charge in [0.1, 0.15) is 0 Å². The predicted octanol–water partition coefficient (Wildman–Crippen LogP) is 8.90. The molecule has 1 aliphatic carbocycles. The number of allylic oxidation sites excluding steroid dienone is 13. The average Bonchev–Trinajstić information content (AvgIpc) is 3.62. The number of likely N-dealkylation sites (N-methyl/N-ethyl adjacent to an activating group) is 1. The second-order valence-electron chi connectivity index (χ2n) is 11.8. The number of nitrogens with zero attached hydrogens (tertiary/aromatic N) is 7. The first kappa shape index (κ1) is 40.2. The molecule has 3 aromatic carbocycles. The zero-order chi connectivity index (χ0) is 40.6. The second-order valence-corrected chi connectivity index (χ2v) is 11.8. The van der Waals surface area contributed by atoms with Gasteiger partial charge >= 0.3 is 11.9 Å². The molecule has 0 radical (unpaired) electrons. The van der Waals surface area contributed by atoms with Crippen molar-refractivity contribution >= 4 is 28.8 Å². The number of carboxylic acid groups (broad SMARTS) is 2. The van der Waals surface area contributed by atoms with Gasteiger partial charge < -0.3 is 15.1 Å². The lowest BCUT2D eigenvalue weighted by Gasteiger charge is -2.27. The van der Waals surface area contributed by atoms with Crippen molar-refractivity contribution in [3.05, 3.63) is 189 Å². The fourth-order valence-electron chi connectivity index (χ4n) is 6.02. The van der Waals surface area contributed by atoms with E-state index in [1.165, 1.54) is 60.7 Å². The quantitative estimate of drug-likeness (QED) is 0.0971. The normalized spacial score (nSPS) is 14.1. The molecule has 0 atom stereocenters. The lowest BCUT2D eigenvalue weighted by molar-refractivity contribution is 0.0686. The van der Waals surface area contributed by atoms with Crippen LogP contribution in [-0.4, -0.2) is 28.7 Å². The first-order valence-corrected chi connectivity index (χ1v) is 16.9. The average molecular weight is 733 g/mol. The summed E-state index contributed by atoms with van der Waals surface area (Å²) in [5, 5.41) is 68.1. The number of aromatic carboxylic acids is 2. The molecule has 0 saturated heterocycles. The van der Waals surface area contributed by atoms with E-state index in [-0.39, 0.29) is 45.0 Å². The Morgan fingerprint density at radius 1 is 0.804 bits per heavy atom. The van der Waals surface area contributed by atoms with Gasteiger partial charge in [-0.1, -0.05) is 66.8 Å². The van der Waals surface area contributed by atoms with Crippen LogP contribution >= 0.6 is 0 Å². The molecular formula is C45H30N7O4-. The Morgan fingerprint density at radius 3 is 1.89 bits per heavy atom. The van der Waals surface area contributed by atoms with Gasteiger partial charge in [0.2, 0.25) is 0 Å². The number of rotatable bonds is 13. The molecular weight excluding hydrogens is 703 g/mol. The molecule has 0 heterocycles. The number of carbonyl (C=O) groups is 2. The maximum Gasteiger partial charge on any atom is 0.335 e. The summed E-state index contributed by atoms with van der Waals surface area (Å²) >= 11 is 0. The third kappa shape index (κ3) is 9.24. The molecule has 11 heteroatoms.